The van der Waals surface area contributed by atoms with Gasteiger partial charge in [-0.05, 0) is 20.3 Å². The molecule has 1 aliphatic heterocycles. The van der Waals surface area contributed by atoms with Crippen molar-refractivity contribution in [1.82, 2.24) is 4.90 Å². The summed E-state index contributed by atoms with van der Waals surface area (Å²) in [4.78, 5) is 24.2. The first-order chi connectivity index (χ1) is 7.66. The van der Waals surface area contributed by atoms with Crippen molar-refractivity contribution in [2.24, 2.45) is 5.92 Å². The topological polar surface area (TPSA) is 91.8 Å². The van der Waals surface area contributed by atoms with Crippen LogP contribution in [-0.2, 0) is 19.4 Å². The molecule has 0 aromatic rings. The molecule has 0 aliphatic carbocycles. The number of carboxylic acids is 1. The molecule has 1 rings (SSSR count). The number of sulfone groups is 1. The highest BCUT2D eigenvalue weighted by atomic mass is 32.2. The van der Waals surface area contributed by atoms with Gasteiger partial charge in [-0.2, -0.15) is 0 Å². The van der Waals surface area contributed by atoms with Crippen LogP contribution >= 0.6 is 0 Å². The molecule has 7 heteroatoms. The number of carbonyl (C=O) groups excluding carboxylic acids is 1. The maximum atomic E-state index is 11.9. The number of amides is 1. The van der Waals surface area contributed by atoms with Gasteiger partial charge in [-0.1, -0.05) is 0 Å². The van der Waals surface area contributed by atoms with Gasteiger partial charge in [0.05, 0.1) is 5.92 Å². The largest absolute Gasteiger partial charge is 0.481 e. The minimum Gasteiger partial charge on any atom is -0.481 e. The fraction of sp³-hybridized carbons (Fsp3) is 0.800. The lowest BCUT2D eigenvalue weighted by atomic mass is 10.0. The van der Waals surface area contributed by atoms with E-state index in [1.807, 2.05) is 0 Å². The van der Waals surface area contributed by atoms with Crippen LogP contribution in [0.25, 0.3) is 0 Å². The Morgan fingerprint density at radius 3 is 2.29 bits per heavy atom. The standard InChI is InChI=1S/C10H17NO5S/c1-6-8(10(13)14)4-5-11(6)9(12)7(2)17(3,15)16/h6-8H,4-5H2,1-3H3,(H,13,14). The summed E-state index contributed by atoms with van der Waals surface area (Å²) in [6.45, 7) is 3.27. The minimum atomic E-state index is -3.44. The lowest BCUT2D eigenvalue weighted by Crippen LogP contribution is -2.44. The molecule has 3 unspecified atom stereocenters. The Morgan fingerprint density at radius 1 is 1.41 bits per heavy atom. The molecule has 1 N–H and O–H groups in total. The van der Waals surface area contributed by atoms with E-state index in [0.717, 1.165) is 6.26 Å². The third-order valence-corrected chi connectivity index (χ3v) is 4.83. The van der Waals surface area contributed by atoms with Crippen molar-refractivity contribution in [3.63, 3.8) is 0 Å². The van der Waals surface area contributed by atoms with E-state index in [2.05, 4.69) is 0 Å². The van der Waals surface area contributed by atoms with Crippen molar-refractivity contribution < 1.29 is 23.1 Å². The van der Waals surface area contributed by atoms with E-state index in [1.165, 1.54) is 11.8 Å². The van der Waals surface area contributed by atoms with Crippen molar-refractivity contribution in [2.75, 3.05) is 12.8 Å². The molecule has 1 aliphatic rings. The van der Waals surface area contributed by atoms with Crippen LogP contribution in [0, 0.1) is 5.92 Å². The van der Waals surface area contributed by atoms with Crippen LogP contribution in [0.15, 0.2) is 0 Å². The predicted octanol–water partition coefficient (Wildman–Crippen LogP) is -0.259. The number of aliphatic carboxylic acids is 1. The Bertz CT molecular complexity index is 430. The van der Waals surface area contributed by atoms with Crippen molar-refractivity contribution in [1.29, 1.82) is 0 Å². The van der Waals surface area contributed by atoms with Crippen LogP contribution in [0.5, 0.6) is 0 Å². The zero-order valence-electron chi connectivity index (χ0n) is 10.1. The number of hydrogen-bond acceptors (Lipinski definition) is 4. The van der Waals surface area contributed by atoms with E-state index >= 15 is 0 Å². The quantitative estimate of drug-likeness (QED) is 0.757. The van der Waals surface area contributed by atoms with Crippen molar-refractivity contribution in [3.8, 4) is 0 Å². The van der Waals surface area contributed by atoms with Gasteiger partial charge in [0.1, 0.15) is 5.25 Å². The average molecular weight is 263 g/mol. The van der Waals surface area contributed by atoms with Gasteiger partial charge >= 0.3 is 5.97 Å². The number of carbonyl (C=O) groups is 2. The molecule has 17 heavy (non-hydrogen) atoms. The SMILES string of the molecule is CC1C(C(=O)O)CCN1C(=O)C(C)S(C)(=O)=O. The third-order valence-electron chi connectivity index (χ3n) is 3.35. The second-order valence-electron chi connectivity index (χ2n) is 4.48. The molecule has 0 spiro atoms. The summed E-state index contributed by atoms with van der Waals surface area (Å²) in [5, 5.41) is 7.81. The molecule has 1 fully saturated rings. The summed E-state index contributed by atoms with van der Waals surface area (Å²) >= 11 is 0. The second-order valence-corrected chi connectivity index (χ2v) is 6.84. The molecule has 0 radical (unpaired) electrons. The summed E-state index contributed by atoms with van der Waals surface area (Å²) < 4.78 is 22.6. The average Bonchev–Trinajstić information content (AvgIpc) is 2.56. The highest BCUT2D eigenvalue weighted by molar-refractivity contribution is 7.92. The molecule has 1 heterocycles. The van der Waals surface area contributed by atoms with Crippen LogP contribution in [0.4, 0.5) is 0 Å². The maximum absolute atomic E-state index is 11.9. The van der Waals surface area contributed by atoms with E-state index in [1.54, 1.807) is 6.92 Å². The molecule has 0 aromatic carbocycles. The molecule has 0 saturated carbocycles. The summed E-state index contributed by atoms with van der Waals surface area (Å²) in [7, 11) is -3.44. The number of likely N-dealkylation sites (tertiary alicyclic amines) is 1. The van der Waals surface area contributed by atoms with Gasteiger partial charge in [0.15, 0.2) is 9.84 Å². The van der Waals surface area contributed by atoms with Gasteiger partial charge in [-0.25, -0.2) is 8.42 Å². The number of carboxylic acid groups (broad SMARTS) is 1. The van der Waals surface area contributed by atoms with Crippen LogP contribution in [0.2, 0.25) is 0 Å². The Morgan fingerprint density at radius 2 is 1.94 bits per heavy atom. The van der Waals surface area contributed by atoms with E-state index in [-0.39, 0.29) is 0 Å². The Hall–Kier alpha value is -1.11. The van der Waals surface area contributed by atoms with Gasteiger partial charge < -0.3 is 10.0 Å². The van der Waals surface area contributed by atoms with E-state index in [4.69, 9.17) is 5.11 Å². The van der Waals surface area contributed by atoms with Crippen LogP contribution < -0.4 is 0 Å². The predicted molar refractivity (Wildman–Crippen MR) is 61.2 cm³/mol. The van der Waals surface area contributed by atoms with Gasteiger partial charge in [0.2, 0.25) is 5.91 Å². The molecule has 3 atom stereocenters. The van der Waals surface area contributed by atoms with E-state index < -0.39 is 38.9 Å². The summed E-state index contributed by atoms with van der Waals surface area (Å²) in [5.74, 6) is -2.06. The first-order valence-corrected chi connectivity index (χ1v) is 7.34. The summed E-state index contributed by atoms with van der Waals surface area (Å²) in [6.07, 6.45) is 1.38. The molecule has 1 amide bonds. The van der Waals surface area contributed by atoms with Gasteiger partial charge in [-0.15, -0.1) is 0 Å². The molecular formula is C10H17NO5S. The number of rotatable bonds is 3. The lowest BCUT2D eigenvalue weighted by molar-refractivity contribution is -0.143. The van der Waals surface area contributed by atoms with E-state index in [9.17, 15) is 18.0 Å². The van der Waals surface area contributed by atoms with Gasteiger partial charge in [0.25, 0.3) is 0 Å². The fourth-order valence-electron chi connectivity index (χ4n) is 2.00. The zero-order valence-corrected chi connectivity index (χ0v) is 10.9. The first-order valence-electron chi connectivity index (χ1n) is 5.38. The molecule has 0 aromatic heterocycles. The van der Waals surface area contributed by atoms with Crippen LogP contribution in [0.3, 0.4) is 0 Å². The Labute approximate surface area is 101 Å². The molecule has 0 bridgehead atoms. The number of nitrogens with zero attached hydrogens (tertiary/aromatic N) is 1. The fourth-order valence-corrected chi connectivity index (χ4v) is 2.50. The molecule has 1 saturated heterocycles. The van der Waals surface area contributed by atoms with E-state index in [0.29, 0.717) is 13.0 Å². The summed E-state index contributed by atoms with van der Waals surface area (Å²) in [5.41, 5.74) is 0. The highest BCUT2D eigenvalue weighted by Crippen LogP contribution is 2.25. The van der Waals surface area contributed by atoms with Crippen LogP contribution in [0.1, 0.15) is 20.3 Å². The minimum absolute atomic E-state index is 0.302. The lowest BCUT2D eigenvalue weighted by Gasteiger charge is -2.25. The van der Waals surface area contributed by atoms with Crippen molar-refractivity contribution >= 4 is 21.7 Å². The molecule has 6 nitrogen and oxygen atoms in total. The van der Waals surface area contributed by atoms with Crippen molar-refractivity contribution in [3.05, 3.63) is 0 Å². The summed E-state index contributed by atoms with van der Waals surface area (Å²) in [6, 6.07) is -0.454. The zero-order chi connectivity index (χ0) is 13.4. The Kier molecular flexibility index (Phi) is 3.81. The normalized spacial score (nSPS) is 26.9. The van der Waals surface area contributed by atoms with Crippen molar-refractivity contribution in [2.45, 2.75) is 31.6 Å². The first kappa shape index (κ1) is 14.0. The monoisotopic (exact) mass is 263 g/mol. The van der Waals surface area contributed by atoms with Gasteiger partial charge in [0, 0.05) is 18.8 Å². The number of hydrogen-bond donors (Lipinski definition) is 1. The maximum Gasteiger partial charge on any atom is 0.308 e. The van der Waals surface area contributed by atoms with Gasteiger partial charge in [-0.3, -0.25) is 9.59 Å². The second kappa shape index (κ2) is 4.64. The van der Waals surface area contributed by atoms with Crippen LogP contribution in [-0.4, -0.2) is 54.4 Å². The molecule has 98 valence electrons. The highest BCUT2D eigenvalue weighted by Gasteiger charge is 2.41. The Balaban J connectivity index is 2.83. The molecular weight excluding hydrogens is 246 g/mol. The third kappa shape index (κ3) is 2.77. The smallest absolute Gasteiger partial charge is 0.308 e.